The van der Waals surface area contributed by atoms with E-state index < -0.39 is 0 Å². The van der Waals surface area contributed by atoms with Gasteiger partial charge in [0.2, 0.25) is 0 Å². The maximum atomic E-state index is 4.84. The fourth-order valence-electron chi connectivity index (χ4n) is 3.19. The molecule has 1 heterocycles. The smallest absolute Gasteiger partial charge is 0.185 e. The summed E-state index contributed by atoms with van der Waals surface area (Å²) in [6.45, 7) is 10.1. The molecule has 0 aliphatic heterocycles. The maximum absolute atomic E-state index is 4.84. The number of anilines is 1. The third-order valence-electron chi connectivity index (χ3n) is 4.75. The highest BCUT2D eigenvalue weighted by Crippen LogP contribution is 2.34. The minimum absolute atomic E-state index is 0.413. The van der Waals surface area contributed by atoms with Gasteiger partial charge in [0.1, 0.15) is 0 Å². The van der Waals surface area contributed by atoms with Crippen LogP contribution in [0.5, 0.6) is 0 Å². The van der Waals surface area contributed by atoms with Crippen LogP contribution in [0.2, 0.25) is 0 Å². The third kappa shape index (κ3) is 4.19. The molecule has 2 rings (SSSR count). The van der Waals surface area contributed by atoms with Gasteiger partial charge in [0.25, 0.3) is 0 Å². The van der Waals surface area contributed by atoms with Gasteiger partial charge in [-0.25, -0.2) is 4.98 Å². The normalized spacial score (nSPS) is 24.0. The molecule has 1 unspecified atom stereocenters. The molecule has 0 bridgehead atoms. The van der Waals surface area contributed by atoms with Crippen molar-refractivity contribution in [3.63, 3.8) is 0 Å². The minimum Gasteiger partial charge on any atom is -0.348 e. The molecule has 0 saturated heterocycles. The van der Waals surface area contributed by atoms with Crippen molar-refractivity contribution in [2.75, 3.05) is 18.5 Å². The zero-order valence-electron chi connectivity index (χ0n) is 14.3. The van der Waals surface area contributed by atoms with Crippen LogP contribution in [0.25, 0.3) is 0 Å². The van der Waals surface area contributed by atoms with Crippen molar-refractivity contribution in [1.82, 2.24) is 10.3 Å². The molecule has 0 amide bonds. The van der Waals surface area contributed by atoms with Crippen molar-refractivity contribution in [3.05, 3.63) is 10.6 Å². The van der Waals surface area contributed by atoms with Crippen molar-refractivity contribution in [2.24, 2.45) is 5.92 Å². The first-order chi connectivity index (χ1) is 10.0. The molecule has 1 saturated carbocycles. The molecule has 1 atom stereocenters. The lowest BCUT2D eigenvalue weighted by molar-refractivity contribution is 0.340. The lowest BCUT2D eigenvalue weighted by Crippen LogP contribution is -2.34. The highest BCUT2D eigenvalue weighted by molar-refractivity contribution is 7.15. The summed E-state index contributed by atoms with van der Waals surface area (Å²) < 4.78 is 0. The summed E-state index contributed by atoms with van der Waals surface area (Å²) in [5.74, 6) is 0.904. The van der Waals surface area contributed by atoms with Crippen LogP contribution >= 0.6 is 11.3 Å². The monoisotopic (exact) mass is 309 g/mol. The van der Waals surface area contributed by atoms with Crippen LogP contribution in [0, 0.1) is 12.8 Å². The Balaban J connectivity index is 2.03. The largest absolute Gasteiger partial charge is 0.348 e. The molecule has 1 aromatic rings. The molecule has 1 aromatic heterocycles. The van der Waals surface area contributed by atoms with E-state index >= 15 is 0 Å². The molecule has 0 spiro atoms. The Kier molecular flexibility index (Phi) is 6.06. The van der Waals surface area contributed by atoms with Crippen LogP contribution < -0.4 is 10.2 Å². The first-order valence-electron chi connectivity index (χ1n) is 8.46. The second kappa shape index (κ2) is 7.59. The SMILES string of the molecule is CCCNC(C)c1sc(N(C)C2CCC(C)CC2)nc1C. The van der Waals surface area contributed by atoms with Crippen LogP contribution in [0.4, 0.5) is 5.13 Å². The molecule has 1 aliphatic carbocycles. The number of rotatable bonds is 6. The van der Waals surface area contributed by atoms with Gasteiger partial charge in [-0.3, -0.25) is 0 Å². The van der Waals surface area contributed by atoms with Crippen LogP contribution in [0.15, 0.2) is 0 Å². The Morgan fingerprint density at radius 3 is 2.62 bits per heavy atom. The molecule has 1 N–H and O–H groups in total. The predicted octanol–water partition coefficient (Wildman–Crippen LogP) is 4.53. The van der Waals surface area contributed by atoms with E-state index in [0.29, 0.717) is 12.1 Å². The van der Waals surface area contributed by atoms with E-state index in [-0.39, 0.29) is 0 Å². The molecule has 1 fully saturated rings. The molecule has 3 nitrogen and oxygen atoms in total. The summed E-state index contributed by atoms with van der Waals surface area (Å²) in [6.07, 6.45) is 6.53. The van der Waals surface area contributed by atoms with E-state index in [1.165, 1.54) is 47.8 Å². The van der Waals surface area contributed by atoms with E-state index in [1.54, 1.807) is 0 Å². The summed E-state index contributed by atoms with van der Waals surface area (Å²) in [4.78, 5) is 8.67. The molecular formula is C17H31N3S. The topological polar surface area (TPSA) is 28.2 Å². The minimum atomic E-state index is 0.413. The summed E-state index contributed by atoms with van der Waals surface area (Å²) in [5.41, 5.74) is 1.20. The van der Waals surface area contributed by atoms with Crippen molar-refractivity contribution in [1.29, 1.82) is 0 Å². The van der Waals surface area contributed by atoms with E-state index in [0.717, 1.165) is 12.5 Å². The highest BCUT2D eigenvalue weighted by atomic mass is 32.1. The second-order valence-electron chi connectivity index (χ2n) is 6.65. The lowest BCUT2D eigenvalue weighted by atomic mass is 9.87. The summed E-state index contributed by atoms with van der Waals surface area (Å²) in [6, 6.07) is 1.09. The van der Waals surface area contributed by atoms with Gasteiger partial charge in [-0.05, 0) is 58.4 Å². The van der Waals surface area contributed by atoms with Gasteiger partial charge >= 0.3 is 0 Å². The summed E-state index contributed by atoms with van der Waals surface area (Å²) >= 11 is 1.87. The number of aryl methyl sites for hydroxylation is 1. The Hall–Kier alpha value is -0.610. The number of hydrogen-bond donors (Lipinski definition) is 1. The zero-order chi connectivity index (χ0) is 15.4. The zero-order valence-corrected chi connectivity index (χ0v) is 15.1. The molecule has 1 aliphatic rings. The Bertz CT molecular complexity index is 435. The number of thiazole rings is 1. The average Bonchev–Trinajstić information content (AvgIpc) is 2.87. The van der Waals surface area contributed by atoms with Crippen molar-refractivity contribution in [2.45, 2.75) is 71.9 Å². The Labute approximate surface area is 134 Å². The number of aromatic nitrogens is 1. The number of hydrogen-bond acceptors (Lipinski definition) is 4. The molecular weight excluding hydrogens is 278 g/mol. The standard InChI is InChI=1S/C17H31N3S/c1-6-11-18-13(3)16-14(4)19-17(21-16)20(5)15-9-7-12(2)8-10-15/h12-13,15,18H,6-11H2,1-5H3. The Morgan fingerprint density at radius 1 is 1.33 bits per heavy atom. The quantitative estimate of drug-likeness (QED) is 0.837. The molecule has 0 aromatic carbocycles. The van der Waals surface area contributed by atoms with E-state index in [9.17, 15) is 0 Å². The van der Waals surface area contributed by atoms with E-state index in [1.807, 2.05) is 11.3 Å². The second-order valence-corrected chi connectivity index (χ2v) is 7.66. The summed E-state index contributed by atoms with van der Waals surface area (Å²) in [7, 11) is 2.23. The van der Waals surface area contributed by atoms with Crippen LogP contribution in [0.3, 0.4) is 0 Å². The van der Waals surface area contributed by atoms with Gasteiger partial charge in [0.05, 0.1) is 5.69 Å². The van der Waals surface area contributed by atoms with Gasteiger partial charge in [-0.2, -0.15) is 0 Å². The van der Waals surface area contributed by atoms with Crippen LogP contribution in [0.1, 0.15) is 69.5 Å². The highest BCUT2D eigenvalue weighted by Gasteiger charge is 2.24. The molecule has 4 heteroatoms. The van der Waals surface area contributed by atoms with Gasteiger partial charge in [0, 0.05) is 24.0 Å². The molecule has 0 radical (unpaired) electrons. The van der Waals surface area contributed by atoms with E-state index in [4.69, 9.17) is 4.98 Å². The fraction of sp³-hybridized carbons (Fsp3) is 0.824. The summed E-state index contributed by atoms with van der Waals surface area (Å²) in [5, 5.41) is 4.78. The average molecular weight is 310 g/mol. The first-order valence-corrected chi connectivity index (χ1v) is 9.28. The van der Waals surface area contributed by atoms with Crippen LogP contribution in [-0.4, -0.2) is 24.6 Å². The van der Waals surface area contributed by atoms with Crippen LogP contribution in [-0.2, 0) is 0 Å². The van der Waals surface area contributed by atoms with Gasteiger partial charge < -0.3 is 10.2 Å². The maximum Gasteiger partial charge on any atom is 0.185 e. The number of nitrogens with zero attached hydrogens (tertiary/aromatic N) is 2. The fourth-order valence-corrected chi connectivity index (χ4v) is 4.31. The predicted molar refractivity (Wildman–Crippen MR) is 93.4 cm³/mol. The number of nitrogens with one attached hydrogen (secondary N) is 1. The molecule has 120 valence electrons. The first kappa shape index (κ1) is 16.8. The van der Waals surface area contributed by atoms with Gasteiger partial charge in [-0.1, -0.05) is 13.8 Å². The van der Waals surface area contributed by atoms with Crippen molar-refractivity contribution in [3.8, 4) is 0 Å². The van der Waals surface area contributed by atoms with Gasteiger partial charge in [-0.15, -0.1) is 11.3 Å². The van der Waals surface area contributed by atoms with E-state index in [2.05, 4.69) is 45.0 Å². The molecule has 21 heavy (non-hydrogen) atoms. The van der Waals surface area contributed by atoms with Crippen molar-refractivity contribution < 1.29 is 0 Å². The lowest BCUT2D eigenvalue weighted by Gasteiger charge is -2.33. The third-order valence-corrected chi connectivity index (χ3v) is 6.18. The van der Waals surface area contributed by atoms with Gasteiger partial charge in [0.15, 0.2) is 5.13 Å². The van der Waals surface area contributed by atoms with Crippen molar-refractivity contribution >= 4 is 16.5 Å². The Morgan fingerprint density at radius 2 is 2.00 bits per heavy atom.